The van der Waals surface area contributed by atoms with Gasteiger partial charge in [0.25, 0.3) is 0 Å². The Labute approximate surface area is 76.6 Å². The number of aromatic nitrogens is 1. The first-order valence-corrected chi connectivity index (χ1v) is 4.02. The Bertz CT molecular complexity index is 274. The number of nitrogens with one attached hydrogen (secondary N) is 1. The van der Waals surface area contributed by atoms with Crippen LogP contribution in [0.25, 0.3) is 0 Å². The van der Waals surface area contributed by atoms with Gasteiger partial charge in [-0.1, -0.05) is 6.07 Å². The monoisotopic (exact) mass is 180 g/mol. The Morgan fingerprint density at radius 1 is 1.77 bits per heavy atom. The van der Waals surface area contributed by atoms with E-state index >= 15 is 0 Å². The third-order valence-corrected chi connectivity index (χ3v) is 1.65. The fourth-order valence-corrected chi connectivity index (χ4v) is 1.06. The Morgan fingerprint density at radius 3 is 3.00 bits per heavy atom. The van der Waals surface area contributed by atoms with Crippen LogP contribution in [0.1, 0.15) is 18.5 Å². The first kappa shape index (κ1) is 9.67. The van der Waals surface area contributed by atoms with Crippen LogP contribution in [0.2, 0.25) is 0 Å². The summed E-state index contributed by atoms with van der Waals surface area (Å²) in [4.78, 5) is 14.6. The zero-order valence-electron chi connectivity index (χ0n) is 7.40. The van der Waals surface area contributed by atoms with Crippen molar-refractivity contribution in [3.8, 4) is 0 Å². The quantitative estimate of drug-likeness (QED) is 0.701. The molecule has 1 aromatic rings. The SMILES string of the molecule is CC(=O)N[C@H](CO)c1cccnc1. The minimum Gasteiger partial charge on any atom is -0.394 e. The maximum absolute atomic E-state index is 10.7. The van der Waals surface area contributed by atoms with Crippen molar-refractivity contribution in [3.05, 3.63) is 30.1 Å². The Kier molecular flexibility index (Phi) is 3.40. The van der Waals surface area contributed by atoms with Gasteiger partial charge < -0.3 is 10.4 Å². The standard InChI is InChI=1S/C9H12N2O2/c1-7(13)11-9(6-12)8-3-2-4-10-5-8/h2-5,9,12H,6H2,1H3,(H,11,13)/t9-/m1/s1. The molecule has 70 valence electrons. The van der Waals surface area contributed by atoms with Crippen LogP contribution in [0.4, 0.5) is 0 Å². The molecule has 0 aliphatic rings. The average molecular weight is 180 g/mol. The van der Waals surface area contributed by atoms with E-state index < -0.39 is 0 Å². The number of amides is 1. The highest BCUT2D eigenvalue weighted by Gasteiger charge is 2.10. The van der Waals surface area contributed by atoms with Gasteiger partial charge in [0.2, 0.25) is 5.91 Å². The molecule has 0 saturated heterocycles. The zero-order valence-corrected chi connectivity index (χ0v) is 7.40. The lowest BCUT2D eigenvalue weighted by Gasteiger charge is -2.14. The molecule has 1 amide bonds. The number of hydrogen-bond donors (Lipinski definition) is 2. The van der Waals surface area contributed by atoms with Crippen molar-refractivity contribution in [3.63, 3.8) is 0 Å². The summed E-state index contributed by atoms with van der Waals surface area (Å²) in [5.74, 6) is -0.164. The van der Waals surface area contributed by atoms with Crippen molar-refractivity contribution >= 4 is 5.91 Å². The molecule has 0 spiro atoms. The van der Waals surface area contributed by atoms with Gasteiger partial charge in [-0.05, 0) is 11.6 Å². The van der Waals surface area contributed by atoms with Crippen LogP contribution in [0.5, 0.6) is 0 Å². The highest BCUT2D eigenvalue weighted by atomic mass is 16.3. The summed E-state index contributed by atoms with van der Waals surface area (Å²) in [7, 11) is 0. The molecule has 2 N–H and O–H groups in total. The largest absolute Gasteiger partial charge is 0.394 e. The predicted octanol–water partition coefficient (Wildman–Crippen LogP) is 0.251. The predicted molar refractivity (Wildman–Crippen MR) is 47.9 cm³/mol. The van der Waals surface area contributed by atoms with Crippen molar-refractivity contribution in [2.45, 2.75) is 13.0 Å². The molecule has 1 heterocycles. The van der Waals surface area contributed by atoms with E-state index in [0.29, 0.717) is 0 Å². The molecule has 0 aliphatic heterocycles. The number of nitrogens with zero attached hydrogens (tertiary/aromatic N) is 1. The van der Waals surface area contributed by atoms with E-state index in [4.69, 9.17) is 5.11 Å². The number of rotatable bonds is 3. The summed E-state index contributed by atoms with van der Waals surface area (Å²) >= 11 is 0. The lowest BCUT2D eigenvalue weighted by Crippen LogP contribution is -2.28. The number of pyridine rings is 1. The van der Waals surface area contributed by atoms with Gasteiger partial charge in [0.1, 0.15) is 0 Å². The lowest BCUT2D eigenvalue weighted by atomic mass is 10.1. The highest BCUT2D eigenvalue weighted by Crippen LogP contribution is 2.09. The number of hydrogen-bond acceptors (Lipinski definition) is 3. The minimum absolute atomic E-state index is 0.120. The fraction of sp³-hybridized carbons (Fsp3) is 0.333. The second-order valence-electron chi connectivity index (χ2n) is 2.72. The number of carbonyl (C=O) groups excluding carboxylic acids is 1. The summed E-state index contributed by atoms with van der Waals surface area (Å²) in [6, 6.07) is 3.22. The Hall–Kier alpha value is -1.42. The molecule has 0 unspecified atom stereocenters. The molecule has 4 heteroatoms. The van der Waals surface area contributed by atoms with Crippen LogP contribution < -0.4 is 5.32 Å². The van der Waals surface area contributed by atoms with Crippen molar-refractivity contribution in [2.75, 3.05) is 6.61 Å². The fourth-order valence-electron chi connectivity index (χ4n) is 1.06. The van der Waals surface area contributed by atoms with Gasteiger partial charge in [-0.25, -0.2) is 0 Å². The van der Waals surface area contributed by atoms with Gasteiger partial charge in [-0.3, -0.25) is 9.78 Å². The first-order chi connectivity index (χ1) is 6.24. The van der Waals surface area contributed by atoms with Crippen LogP contribution in [-0.2, 0) is 4.79 Å². The van der Waals surface area contributed by atoms with Crippen molar-refractivity contribution in [1.29, 1.82) is 0 Å². The molecule has 13 heavy (non-hydrogen) atoms. The average Bonchev–Trinajstić information content (AvgIpc) is 2.15. The first-order valence-electron chi connectivity index (χ1n) is 4.02. The van der Waals surface area contributed by atoms with Crippen LogP contribution in [0.15, 0.2) is 24.5 Å². The molecule has 1 atom stereocenters. The van der Waals surface area contributed by atoms with Gasteiger partial charge in [-0.2, -0.15) is 0 Å². The maximum atomic E-state index is 10.7. The van der Waals surface area contributed by atoms with E-state index in [1.54, 1.807) is 18.5 Å². The van der Waals surface area contributed by atoms with E-state index in [9.17, 15) is 4.79 Å². The molecule has 1 rings (SSSR count). The number of aliphatic hydroxyl groups excluding tert-OH is 1. The third kappa shape index (κ3) is 2.83. The molecular formula is C9H12N2O2. The van der Waals surface area contributed by atoms with Crippen LogP contribution in [0, 0.1) is 0 Å². The number of carbonyl (C=O) groups is 1. The Morgan fingerprint density at radius 2 is 2.54 bits per heavy atom. The van der Waals surface area contributed by atoms with E-state index in [1.165, 1.54) is 6.92 Å². The lowest BCUT2D eigenvalue weighted by molar-refractivity contribution is -0.120. The molecule has 0 radical (unpaired) electrons. The smallest absolute Gasteiger partial charge is 0.217 e. The van der Waals surface area contributed by atoms with Crippen molar-refractivity contribution < 1.29 is 9.90 Å². The molecule has 0 bridgehead atoms. The van der Waals surface area contributed by atoms with Crippen molar-refractivity contribution in [2.24, 2.45) is 0 Å². The Balaban J connectivity index is 2.73. The number of aliphatic hydroxyl groups is 1. The summed E-state index contributed by atoms with van der Waals surface area (Å²) in [5, 5.41) is 11.6. The zero-order chi connectivity index (χ0) is 9.68. The summed E-state index contributed by atoms with van der Waals surface area (Å²) < 4.78 is 0. The maximum Gasteiger partial charge on any atom is 0.217 e. The molecule has 0 saturated carbocycles. The van der Waals surface area contributed by atoms with E-state index in [2.05, 4.69) is 10.3 Å². The van der Waals surface area contributed by atoms with Crippen LogP contribution in [0.3, 0.4) is 0 Å². The minimum atomic E-state index is -0.355. The van der Waals surface area contributed by atoms with Gasteiger partial charge in [0.05, 0.1) is 12.6 Å². The normalized spacial score (nSPS) is 12.2. The second kappa shape index (κ2) is 4.57. The van der Waals surface area contributed by atoms with E-state index in [1.807, 2.05) is 6.07 Å². The summed E-state index contributed by atoms with van der Waals surface area (Å²) in [6.07, 6.45) is 3.27. The van der Waals surface area contributed by atoms with Gasteiger partial charge in [0, 0.05) is 19.3 Å². The van der Waals surface area contributed by atoms with Gasteiger partial charge in [0.15, 0.2) is 0 Å². The van der Waals surface area contributed by atoms with Crippen LogP contribution >= 0.6 is 0 Å². The van der Waals surface area contributed by atoms with Crippen LogP contribution in [-0.4, -0.2) is 22.6 Å². The summed E-state index contributed by atoms with van der Waals surface area (Å²) in [6.45, 7) is 1.30. The molecular weight excluding hydrogens is 168 g/mol. The molecule has 0 aromatic carbocycles. The molecule has 1 aromatic heterocycles. The van der Waals surface area contributed by atoms with Gasteiger partial charge >= 0.3 is 0 Å². The molecule has 0 fully saturated rings. The van der Waals surface area contributed by atoms with E-state index in [0.717, 1.165) is 5.56 Å². The molecule has 0 aliphatic carbocycles. The summed E-state index contributed by atoms with van der Waals surface area (Å²) in [5.41, 5.74) is 0.806. The highest BCUT2D eigenvalue weighted by molar-refractivity contribution is 5.73. The van der Waals surface area contributed by atoms with E-state index in [-0.39, 0.29) is 18.6 Å². The second-order valence-corrected chi connectivity index (χ2v) is 2.72. The van der Waals surface area contributed by atoms with Crippen molar-refractivity contribution in [1.82, 2.24) is 10.3 Å². The topological polar surface area (TPSA) is 62.2 Å². The van der Waals surface area contributed by atoms with Gasteiger partial charge in [-0.15, -0.1) is 0 Å². The third-order valence-electron chi connectivity index (χ3n) is 1.65. The molecule has 4 nitrogen and oxygen atoms in total.